The Labute approximate surface area is 153 Å². The van der Waals surface area contributed by atoms with E-state index in [0.29, 0.717) is 5.92 Å². The molecule has 1 amide bonds. The van der Waals surface area contributed by atoms with Gasteiger partial charge < -0.3 is 19.9 Å². The van der Waals surface area contributed by atoms with Gasteiger partial charge in [-0.2, -0.15) is 0 Å². The fourth-order valence-corrected chi connectivity index (χ4v) is 3.60. The molecule has 2 rings (SSSR count). The maximum atomic E-state index is 12.1. The lowest BCUT2D eigenvalue weighted by molar-refractivity contribution is 0.0185. The minimum Gasteiger partial charge on any atom is -0.444 e. The van der Waals surface area contributed by atoms with Crippen molar-refractivity contribution in [2.75, 3.05) is 39.8 Å². The zero-order valence-corrected chi connectivity index (χ0v) is 16.7. The molecule has 1 N–H and O–H groups in total. The fourth-order valence-electron chi connectivity index (χ4n) is 3.60. The van der Waals surface area contributed by atoms with E-state index in [1.165, 1.54) is 12.8 Å². The van der Waals surface area contributed by atoms with Gasteiger partial charge in [-0.1, -0.05) is 6.92 Å². The van der Waals surface area contributed by atoms with E-state index in [9.17, 15) is 4.79 Å². The summed E-state index contributed by atoms with van der Waals surface area (Å²) >= 11 is 0. The third-order valence-electron chi connectivity index (χ3n) is 4.98. The van der Waals surface area contributed by atoms with E-state index in [2.05, 4.69) is 22.1 Å². The van der Waals surface area contributed by atoms with Crippen LogP contribution in [0.5, 0.6) is 0 Å². The second kappa shape index (κ2) is 8.77. The van der Waals surface area contributed by atoms with Gasteiger partial charge in [0, 0.05) is 39.8 Å². The molecule has 0 bridgehead atoms. The third kappa shape index (κ3) is 6.40. The van der Waals surface area contributed by atoms with Crippen molar-refractivity contribution < 1.29 is 9.53 Å². The van der Waals surface area contributed by atoms with Crippen molar-refractivity contribution in [1.29, 1.82) is 0 Å². The maximum Gasteiger partial charge on any atom is 0.410 e. The number of nitrogens with one attached hydrogen (secondary N) is 1. The van der Waals surface area contributed by atoms with Crippen LogP contribution in [0.1, 0.15) is 53.4 Å². The highest BCUT2D eigenvalue weighted by atomic mass is 16.6. The van der Waals surface area contributed by atoms with Gasteiger partial charge in [-0.05, 0) is 58.3 Å². The van der Waals surface area contributed by atoms with E-state index < -0.39 is 5.60 Å². The first-order valence-corrected chi connectivity index (χ1v) is 9.72. The maximum absolute atomic E-state index is 12.1. The number of carbonyl (C=O) groups is 1. The summed E-state index contributed by atoms with van der Waals surface area (Å²) < 4.78 is 5.46. The molecule has 1 unspecified atom stereocenters. The molecule has 0 saturated carbocycles. The molecular weight excluding hydrogens is 316 g/mol. The molecule has 1 atom stereocenters. The minimum absolute atomic E-state index is 0.183. The molecule has 0 spiro atoms. The van der Waals surface area contributed by atoms with Gasteiger partial charge in [0.2, 0.25) is 0 Å². The number of likely N-dealkylation sites (tertiary alicyclic amines) is 2. The Balaban J connectivity index is 1.73. The molecule has 25 heavy (non-hydrogen) atoms. The highest BCUT2D eigenvalue weighted by Crippen LogP contribution is 2.20. The highest BCUT2D eigenvalue weighted by molar-refractivity contribution is 5.80. The van der Waals surface area contributed by atoms with Crippen LogP contribution in [0.25, 0.3) is 0 Å². The molecule has 0 radical (unpaired) electrons. The Morgan fingerprint density at radius 2 is 1.84 bits per heavy atom. The summed E-state index contributed by atoms with van der Waals surface area (Å²) in [4.78, 5) is 20.8. The SMILES string of the molecule is CN=C(NCC1CCN(C(=O)OC(C)(C)C)CC1)N1CCCC(C)C1. The van der Waals surface area contributed by atoms with Crippen LogP contribution in [-0.4, -0.2) is 67.2 Å². The van der Waals surface area contributed by atoms with Crippen molar-refractivity contribution in [3.63, 3.8) is 0 Å². The largest absolute Gasteiger partial charge is 0.444 e. The van der Waals surface area contributed by atoms with Crippen molar-refractivity contribution in [2.45, 2.75) is 59.0 Å². The number of hydrogen-bond donors (Lipinski definition) is 1. The summed E-state index contributed by atoms with van der Waals surface area (Å²) in [5, 5.41) is 3.55. The first-order valence-electron chi connectivity index (χ1n) is 9.72. The second-order valence-corrected chi connectivity index (χ2v) is 8.53. The van der Waals surface area contributed by atoms with Gasteiger partial charge in [0.25, 0.3) is 0 Å². The molecule has 0 aromatic heterocycles. The number of nitrogens with zero attached hydrogens (tertiary/aromatic N) is 3. The molecule has 2 fully saturated rings. The Bertz CT molecular complexity index is 465. The van der Waals surface area contributed by atoms with E-state index >= 15 is 0 Å². The van der Waals surface area contributed by atoms with Crippen LogP contribution < -0.4 is 5.32 Å². The lowest BCUT2D eigenvalue weighted by atomic mass is 9.97. The molecule has 2 saturated heterocycles. The minimum atomic E-state index is -0.423. The highest BCUT2D eigenvalue weighted by Gasteiger charge is 2.27. The average molecular weight is 353 g/mol. The van der Waals surface area contributed by atoms with E-state index in [-0.39, 0.29) is 6.09 Å². The van der Waals surface area contributed by atoms with E-state index in [1.807, 2.05) is 32.7 Å². The number of carbonyl (C=O) groups excluding carboxylic acids is 1. The van der Waals surface area contributed by atoms with Gasteiger partial charge in [0.15, 0.2) is 5.96 Å². The molecule has 0 aliphatic carbocycles. The Kier molecular flexibility index (Phi) is 6.96. The van der Waals surface area contributed by atoms with Gasteiger partial charge in [-0.25, -0.2) is 4.79 Å². The zero-order valence-electron chi connectivity index (χ0n) is 16.7. The number of rotatable bonds is 2. The van der Waals surface area contributed by atoms with Crippen LogP contribution in [0.4, 0.5) is 4.79 Å². The number of hydrogen-bond acceptors (Lipinski definition) is 3. The standard InChI is InChI=1S/C19H36N4O2/c1-15-7-6-10-23(14-15)17(20-5)21-13-16-8-11-22(12-9-16)18(24)25-19(2,3)4/h15-16H,6-14H2,1-5H3,(H,20,21). The number of ether oxygens (including phenoxy) is 1. The number of amides is 1. The Morgan fingerprint density at radius 1 is 1.16 bits per heavy atom. The summed E-state index contributed by atoms with van der Waals surface area (Å²) in [6, 6.07) is 0. The third-order valence-corrected chi connectivity index (χ3v) is 4.98. The van der Waals surface area contributed by atoms with Gasteiger partial charge in [-0.15, -0.1) is 0 Å². The van der Waals surface area contributed by atoms with Gasteiger partial charge in [-0.3, -0.25) is 4.99 Å². The summed E-state index contributed by atoms with van der Waals surface area (Å²) in [5.41, 5.74) is -0.423. The normalized spacial score (nSPS) is 23.6. The topological polar surface area (TPSA) is 57.2 Å². The predicted molar refractivity (Wildman–Crippen MR) is 102 cm³/mol. The Hall–Kier alpha value is -1.46. The quantitative estimate of drug-likeness (QED) is 0.613. The molecule has 2 heterocycles. The lowest BCUT2D eigenvalue weighted by Crippen LogP contribution is -2.48. The van der Waals surface area contributed by atoms with E-state index in [4.69, 9.17) is 4.74 Å². The number of guanidine groups is 1. The zero-order chi connectivity index (χ0) is 18.4. The summed E-state index contributed by atoms with van der Waals surface area (Å²) in [6.07, 6.45) is 4.41. The van der Waals surface area contributed by atoms with Crippen molar-refractivity contribution in [1.82, 2.24) is 15.1 Å². The summed E-state index contributed by atoms with van der Waals surface area (Å²) in [7, 11) is 1.87. The van der Waals surface area contributed by atoms with E-state index in [0.717, 1.165) is 57.4 Å². The van der Waals surface area contributed by atoms with Crippen LogP contribution in [0.2, 0.25) is 0 Å². The smallest absolute Gasteiger partial charge is 0.410 e. The van der Waals surface area contributed by atoms with Gasteiger partial charge >= 0.3 is 6.09 Å². The second-order valence-electron chi connectivity index (χ2n) is 8.53. The van der Waals surface area contributed by atoms with Crippen LogP contribution >= 0.6 is 0 Å². The van der Waals surface area contributed by atoms with Crippen LogP contribution in [0.15, 0.2) is 4.99 Å². The van der Waals surface area contributed by atoms with Crippen molar-refractivity contribution in [3.8, 4) is 0 Å². The molecule has 2 aliphatic rings. The molecule has 2 aliphatic heterocycles. The van der Waals surface area contributed by atoms with Crippen molar-refractivity contribution in [3.05, 3.63) is 0 Å². The van der Waals surface area contributed by atoms with Crippen LogP contribution in [-0.2, 0) is 4.74 Å². The molecule has 144 valence electrons. The summed E-state index contributed by atoms with van der Waals surface area (Å²) in [6.45, 7) is 12.7. The van der Waals surface area contributed by atoms with Crippen LogP contribution in [0, 0.1) is 11.8 Å². The predicted octanol–water partition coefficient (Wildman–Crippen LogP) is 2.94. The number of piperidine rings is 2. The first kappa shape index (κ1) is 19.9. The molecular formula is C19H36N4O2. The number of aliphatic imine (C=N–C) groups is 1. The molecule has 0 aromatic carbocycles. The van der Waals surface area contributed by atoms with Crippen molar-refractivity contribution in [2.24, 2.45) is 16.8 Å². The first-order chi connectivity index (χ1) is 11.8. The van der Waals surface area contributed by atoms with Crippen LogP contribution in [0.3, 0.4) is 0 Å². The van der Waals surface area contributed by atoms with E-state index in [1.54, 1.807) is 0 Å². The Morgan fingerprint density at radius 3 is 2.40 bits per heavy atom. The molecule has 0 aromatic rings. The molecule has 6 nitrogen and oxygen atoms in total. The van der Waals surface area contributed by atoms with Gasteiger partial charge in [0.1, 0.15) is 5.60 Å². The monoisotopic (exact) mass is 352 g/mol. The van der Waals surface area contributed by atoms with Crippen molar-refractivity contribution >= 4 is 12.1 Å². The summed E-state index contributed by atoms with van der Waals surface area (Å²) in [5.74, 6) is 2.35. The fraction of sp³-hybridized carbons (Fsp3) is 0.895. The lowest BCUT2D eigenvalue weighted by Gasteiger charge is -2.36. The molecule has 6 heteroatoms. The van der Waals surface area contributed by atoms with Gasteiger partial charge in [0.05, 0.1) is 0 Å². The average Bonchev–Trinajstić information content (AvgIpc) is 2.54.